The van der Waals surface area contributed by atoms with Crippen LogP contribution in [0.5, 0.6) is 0 Å². The molecule has 0 fully saturated rings. The minimum atomic E-state index is 0.189. The highest BCUT2D eigenvalue weighted by atomic mass is 16.1. The SMILES string of the molecule is CCCCC(CC)C(=O)c1ccc(N(CC)CC)cc1. The number of hydrogen-bond acceptors (Lipinski definition) is 2. The van der Waals surface area contributed by atoms with Crippen molar-refractivity contribution < 1.29 is 4.79 Å². The van der Waals surface area contributed by atoms with Crippen LogP contribution in [0.3, 0.4) is 0 Å². The molecule has 20 heavy (non-hydrogen) atoms. The van der Waals surface area contributed by atoms with Gasteiger partial charge in [0.1, 0.15) is 0 Å². The third-order valence-corrected chi connectivity index (χ3v) is 4.05. The standard InChI is InChI=1S/C18H29NO/c1-5-9-10-15(6-2)18(20)16-11-13-17(14-12-16)19(7-3)8-4/h11-15H,5-10H2,1-4H3. The lowest BCUT2D eigenvalue weighted by atomic mass is 9.90. The highest BCUT2D eigenvalue weighted by molar-refractivity contribution is 5.98. The number of benzene rings is 1. The highest BCUT2D eigenvalue weighted by Crippen LogP contribution is 2.21. The zero-order valence-electron chi connectivity index (χ0n) is 13.5. The van der Waals surface area contributed by atoms with Gasteiger partial charge in [-0.1, -0.05) is 26.7 Å². The molecule has 0 saturated carbocycles. The van der Waals surface area contributed by atoms with Crippen molar-refractivity contribution in [1.82, 2.24) is 0 Å². The number of carbonyl (C=O) groups is 1. The maximum atomic E-state index is 12.5. The third-order valence-electron chi connectivity index (χ3n) is 4.05. The first-order valence-electron chi connectivity index (χ1n) is 8.07. The van der Waals surface area contributed by atoms with Crippen LogP contribution in [0.15, 0.2) is 24.3 Å². The number of carbonyl (C=O) groups excluding carboxylic acids is 1. The summed E-state index contributed by atoms with van der Waals surface area (Å²) in [5, 5.41) is 0. The molecular weight excluding hydrogens is 246 g/mol. The average molecular weight is 275 g/mol. The zero-order chi connectivity index (χ0) is 15.0. The van der Waals surface area contributed by atoms with Crippen LogP contribution < -0.4 is 4.90 Å². The van der Waals surface area contributed by atoms with Gasteiger partial charge in [0.05, 0.1) is 0 Å². The lowest BCUT2D eigenvalue weighted by Gasteiger charge is -2.21. The molecule has 0 aliphatic carbocycles. The summed E-state index contributed by atoms with van der Waals surface area (Å²) in [6.45, 7) is 10.6. The summed E-state index contributed by atoms with van der Waals surface area (Å²) >= 11 is 0. The van der Waals surface area contributed by atoms with Gasteiger partial charge in [-0.3, -0.25) is 4.79 Å². The number of rotatable bonds is 9. The topological polar surface area (TPSA) is 20.3 Å². The quantitative estimate of drug-likeness (QED) is 0.595. The van der Waals surface area contributed by atoms with Crippen LogP contribution in [0.25, 0.3) is 0 Å². The lowest BCUT2D eigenvalue weighted by molar-refractivity contribution is 0.0908. The van der Waals surface area contributed by atoms with Gasteiger partial charge >= 0.3 is 0 Å². The number of Topliss-reactive ketones (excluding diaryl/α,β-unsaturated/α-hetero) is 1. The van der Waals surface area contributed by atoms with Gasteiger partial charge in [-0.05, 0) is 51.0 Å². The van der Waals surface area contributed by atoms with E-state index in [1.807, 2.05) is 12.1 Å². The summed E-state index contributed by atoms with van der Waals surface area (Å²) < 4.78 is 0. The predicted molar refractivity (Wildman–Crippen MR) is 87.6 cm³/mol. The number of unbranched alkanes of at least 4 members (excludes halogenated alkanes) is 1. The second-order valence-electron chi connectivity index (χ2n) is 5.33. The van der Waals surface area contributed by atoms with E-state index in [9.17, 15) is 4.79 Å². The van der Waals surface area contributed by atoms with E-state index in [1.165, 1.54) is 5.69 Å². The fourth-order valence-electron chi connectivity index (χ4n) is 2.63. The molecule has 0 aromatic heterocycles. The van der Waals surface area contributed by atoms with Gasteiger partial charge in [0.2, 0.25) is 0 Å². The average Bonchev–Trinajstić information content (AvgIpc) is 2.49. The summed E-state index contributed by atoms with van der Waals surface area (Å²) in [6.07, 6.45) is 4.26. The van der Waals surface area contributed by atoms with E-state index in [2.05, 4.69) is 44.7 Å². The van der Waals surface area contributed by atoms with E-state index >= 15 is 0 Å². The Bertz CT molecular complexity index is 392. The Morgan fingerprint density at radius 1 is 1.05 bits per heavy atom. The molecule has 0 N–H and O–H groups in total. The fourth-order valence-corrected chi connectivity index (χ4v) is 2.63. The Balaban J connectivity index is 2.78. The Hall–Kier alpha value is -1.31. The largest absolute Gasteiger partial charge is 0.372 e. The summed E-state index contributed by atoms with van der Waals surface area (Å²) in [5.41, 5.74) is 2.07. The van der Waals surface area contributed by atoms with Crippen molar-refractivity contribution in [3.05, 3.63) is 29.8 Å². The number of nitrogens with zero attached hydrogens (tertiary/aromatic N) is 1. The molecule has 0 bridgehead atoms. The van der Waals surface area contributed by atoms with Gasteiger partial charge in [0, 0.05) is 30.3 Å². The molecule has 1 atom stereocenters. The van der Waals surface area contributed by atoms with Crippen molar-refractivity contribution in [2.24, 2.45) is 5.92 Å². The van der Waals surface area contributed by atoms with E-state index in [1.54, 1.807) is 0 Å². The van der Waals surface area contributed by atoms with Crippen LogP contribution >= 0.6 is 0 Å². The molecule has 0 aliphatic rings. The molecule has 1 aromatic carbocycles. The smallest absolute Gasteiger partial charge is 0.165 e. The van der Waals surface area contributed by atoms with Gasteiger partial charge in [-0.2, -0.15) is 0 Å². The molecule has 112 valence electrons. The lowest BCUT2D eigenvalue weighted by Crippen LogP contribution is -2.22. The summed E-state index contributed by atoms with van der Waals surface area (Å²) in [6, 6.07) is 8.13. The van der Waals surface area contributed by atoms with Crippen LogP contribution in [0.1, 0.15) is 63.7 Å². The van der Waals surface area contributed by atoms with Crippen LogP contribution in [-0.4, -0.2) is 18.9 Å². The number of anilines is 1. The molecule has 1 aromatic rings. The molecule has 0 radical (unpaired) electrons. The maximum Gasteiger partial charge on any atom is 0.165 e. The molecule has 0 saturated heterocycles. The molecule has 0 heterocycles. The van der Waals surface area contributed by atoms with Gasteiger partial charge in [0.15, 0.2) is 5.78 Å². The molecule has 2 nitrogen and oxygen atoms in total. The van der Waals surface area contributed by atoms with Crippen LogP contribution in [0, 0.1) is 5.92 Å². The van der Waals surface area contributed by atoms with Crippen LogP contribution in [0.4, 0.5) is 5.69 Å². The van der Waals surface area contributed by atoms with Crippen LogP contribution in [-0.2, 0) is 0 Å². The van der Waals surface area contributed by atoms with E-state index in [0.717, 1.165) is 44.3 Å². The van der Waals surface area contributed by atoms with Crippen molar-refractivity contribution >= 4 is 11.5 Å². The maximum absolute atomic E-state index is 12.5. The first kappa shape index (κ1) is 16.7. The van der Waals surface area contributed by atoms with Crippen molar-refractivity contribution in [1.29, 1.82) is 0 Å². The predicted octanol–water partition coefficient (Wildman–Crippen LogP) is 4.93. The fraction of sp³-hybridized carbons (Fsp3) is 0.611. The van der Waals surface area contributed by atoms with E-state index in [4.69, 9.17) is 0 Å². The molecule has 1 unspecified atom stereocenters. The number of hydrogen-bond donors (Lipinski definition) is 0. The molecule has 0 aliphatic heterocycles. The van der Waals surface area contributed by atoms with Crippen molar-refractivity contribution in [3.8, 4) is 0 Å². The Kier molecular flexibility index (Phi) is 7.35. The van der Waals surface area contributed by atoms with E-state index in [-0.39, 0.29) is 5.92 Å². The molecule has 0 amide bonds. The van der Waals surface area contributed by atoms with Crippen molar-refractivity contribution in [2.45, 2.75) is 53.4 Å². The van der Waals surface area contributed by atoms with Crippen LogP contribution in [0.2, 0.25) is 0 Å². The molecule has 1 rings (SSSR count). The third kappa shape index (κ3) is 4.36. The molecule has 2 heteroatoms. The van der Waals surface area contributed by atoms with Crippen molar-refractivity contribution in [2.75, 3.05) is 18.0 Å². The monoisotopic (exact) mass is 275 g/mol. The zero-order valence-corrected chi connectivity index (χ0v) is 13.5. The van der Waals surface area contributed by atoms with E-state index in [0.29, 0.717) is 5.78 Å². The normalized spacial score (nSPS) is 12.2. The van der Waals surface area contributed by atoms with Gasteiger partial charge in [0.25, 0.3) is 0 Å². The summed E-state index contributed by atoms with van der Waals surface area (Å²) in [7, 11) is 0. The van der Waals surface area contributed by atoms with Gasteiger partial charge in [-0.15, -0.1) is 0 Å². The van der Waals surface area contributed by atoms with Crippen molar-refractivity contribution in [3.63, 3.8) is 0 Å². The van der Waals surface area contributed by atoms with E-state index < -0.39 is 0 Å². The highest BCUT2D eigenvalue weighted by Gasteiger charge is 2.17. The second-order valence-corrected chi connectivity index (χ2v) is 5.33. The number of ketones is 1. The van der Waals surface area contributed by atoms with Gasteiger partial charge < -0.3 is 4.90 Å². The minimum Gasteiger partial charge on any atom is -0.372 e. The van der Waals surface area contributed by atoms with Gasteiger partial charge in [-0.25, -0.2) is 0 Å². The summed E-state index contributed by atoms with van der Waals surface area (Å²) in [4.78, 5) is 14.8. The summed E-state index contributed by atoms with van der Waals surface area (Å²) in [5.74, 6) is 0.501. The Labute approximate surface area is 124 Å². The second kappa shape index (κ2) is 8.78. The minimum absolute atomic E-state index is 0.189. The first-order valence-corrected chi connectivity index (χ1v) is 8.07. The molecular formula is C18H29NO. The first-order chi connectivity index (χ1) is 9.67. The molecule has 0 spiro atoms. The Morgan fingerprint density at radius 3 is 2.10 bits per heavy atom. The Morgan fingerprint density at radius 2 is 1.65 bits per heavy atom.